The van der Waals surface area contributed by atoms with E-state index in [4.69, 9.17) is 17.3 Å². The van der Waals surface area contributed by atoms with E-state index in [0.717, 1.165) is 17.7 Å². The number of hydrogen-bond acceptors (Lipinski definition) is 3. The largest absolute Gasteiger partial charge is 0.396 e. The summed E-state index contributed by atoms with van der Waals surface area (Å²) in [6.07, 6.45) is 0. The molecule has 7 heteroatoms. The van der Waals surface area contributed by atoms with Crippen LogP contribution < -0.4 is 10.5 Å². The summed E-state index contributed by atoms with van der Waals surface area (Å²) in [6, 6.07) is 7.00. The second kappa shape index (κ2) is 5.54. The van der Waals surface area contributed by atoms with Crippen LogP contribution in [0.15, 0.2) is 35.2 Å². The van der Waals surface area contributed by atoms with E-state index in [0.29, 0.717) is 10.7 Å². The van der Waals surface area contributed by atoms with Gasteiger partial charge in [-0.15, -0.1) is 0 Å². The fourth-order valence-corrected chi connectivity index (χ4v) is 3.32. The number of rotatable bonds is 3. The van der Waals surface area contributed by atoms with Crippen molar-refractivity contribution in [2.24, 2.45) is 0 Å². The highest BCUT2D eigenvalue weighted by molar-refractivity contribution is 7.92. The van der Waals surface area contributed by atoms with Crippen LogP contribution in [0.1, 0.15) is 11.1 Å². The molecule has 2 aromatic rings. The monoisotopic (exact) mass is 328 g/mol. The molecule has 2 aromatic carbocycles. The lowest BCUT2D eigenvalue weighted by Crippen LogP contribution is -2.15. The van der Waals surface area contributed by atoms with Crippen molar-refractivity contribution < 1.29 is 12.8 Å². The Hall–Kier alpha value is -1.79. The van der Waals surface area contributed by atoms with E-state index in [9.17, 15) is 12.8 Å². The molecule has 0 atom stereocenters. The molecular formula is C14H14ClFN2O2S. The quantitative estimate of drug-likeness (QED) is 0.847. The lowest BCUT2D eigenvalue weighted by molar-refractivity contribution is 0.599. The summed E-state index contributed by atoms with van der Waals surface area (Å²) in [5.41, 5.74) is 6.65. The van der Waals surface area contributed by atoms with Crippen LogP contribution in [0.5, 0.6) is 0 Å². The van der Waals surface area contributed by atoms with Crippen LogP contribution >= 0.6 is 11.6 Å². The fraction of sp³-hybridized carbons (Fsp3) is 0.143. The molecule has 0 aliphatic heterocycles. The Morgan fingerprint density at radius 3 is 2.43 bits per heavy atom. The van der Waals surface area contributed by atoms with Crippen LogP contribution in [-0.4, -0.2) is 8.42 Å². The Balaban J connectivity index is 2.43. The zero-order valence-corrected chi connectivity index (χ0v) is 13.0. The zero-order chi connectivity index (χ0) is 15.8. The number of nitrogens with one attached hydrogen (secondary N) is 1. The highest BCUT2D eigenvalue weighted by atomic mass is 35.5. The first-order valence-corrected chi connectivity index (χ1v) is 7.91. The zero-order valence-electron chi connectivity index (χ0n) is 11.4. The van der Waals surface area contributed by atoms with Crippen LogP contribution in [0.25, 0.3) is 0 Å². The molecular weight excluding hydrogens is 315 g/mol. The van der Waals surface area contributed by atoms with Crippen molar-refractivity contribution in [2.75, 3.05) is 10.5 Å². The summed E-state index contributed by atoms with van der Waals surface area (Å²) in [5, 5.41) is 0.450. The van der Waals surface area contributed by atoms with Crippen LogP contribution in [0.3, 0.4) is 0 Å². The Bertz CT molecular complexity index is 807. The number of benzene rings is 2. The maximum absolute atomic E-state index is 13.3. The predicted octanol–water partition coefficient (Wildman–Crippen LogP) is 3.48. The SMILES string of the molecule is Cc1ccc(NS(=O)(=O)c2cc(N)c(F)cc2C)cc1Cl. The molecule has 0 bridgehead atoms. The third-order valence-electron chi connectivity index (χ3n) is 3.01. The van der Waals surface area contributed by atoms with Crippen molar-refractivity contribution in [1.29, 1.82) is 0 Å². The smallest absolute Gasteiger partial charge is 0.262 e. The summed E-state index contributed by atoms with van der Waals surface area (Å²) >= 11 is 5.96. The molecule has 0 aromatic heterocycles. The molecule has 0 heterocycles. The minimum absolute atomic E-state index is 0.0712. The summed E-state index contributed by atoms with van der Waals surface area (Å²) < 4.78 is 40.4. The highest BCUT2D eigenvalue weighted by Gasteiger charge is 2.19. The van der Waals surface area contributed by atoms with E-state index in [1.807, 2.05) is 6.92 Å². The van der Waals surface area contributed by atoms with E-state index < -0.39 is 15.8 Å². The summed E-state index contributed by atoms with van der Waals surface area (Å²) in [4.78, 5) is -0.0712. The maximum atomic E-state index is 13.3. The van der Waals surface area contributed by atoms with E-state index >= 15 is 0 Å². The molecule has 3 N–H and O–H groups in total. The Labute approximate surface area is 127 Å². The summed E-state index contributed by atoms with van der Waals surface area (Å²) in [5.74, 6) is -0.648. The lowest BCUT2D eigenvalue weighted by atomic mass is 10.2. The molecule has 0 saturated heterocycles. The number of hydrogen-bond donors (Lipinski definition) is 2. The van der Waals surface area contributed by atoms with Gasteiger partial charge in [0.25, 0.3) is 10.0 Å². The standard InChI is InChI=1S/C14H14ClFN2O2S/c1-8-3-4-10(6-11(8)15)18-21(19,20)14-7-13(17)12(16)5-9(14)2/h3-7,18H,17H2,1-2H3. The second-order valence-electron chi connectivity index (χ2n) is 4.71. The van der Waals surface area contributed by atoms with Gasteiger partial charge < -0.3 is 5.73 Å². The first-order chi connectivity index (χ1) is 9.70. The molecule has 0 amide bonds. The first-order valence-electron chi connectivity index (χ1n) is 6.05. The van der Waals surface area contributed by atoms with Gasteiger partial charge in [0.2, 0.25) is 0 Å². The number of sulfonamides is 1. The van der Waals surface area contributed by atoms with Crippen molar-refractivity contribution in [3.63, 3.8) is 0 Å². The molecule has 0 unspecified atom stereocenters. The predicted molar refractivity (Wildman–Crippen MR) is 82.5 cm³/mol. The van der Waals surface area contributed by atoms with Gasteiger partial charge in [-0.1, -0.05) is 17.7 Å². The van der Waals surface area contributed by atoms with Crippen molar-refractivity contribution in [3.05, 3.63) is 52.3 Å². The van der Waals surface area contributed by atoms with Crippen molar-refractivity contribution in [2.45, 2.75) is 18.7 Å². The van der Waals surface area contributed by atoms with Gasteiger partial charge in [-0.25, -0.2) is 12.8 Å². The fourth-order valence-electron chi connectivity index (χ4n) is 1.82. The summed E-state index contributed by atoms with van der Waals surface area (Å²) in [6.45, 7) is 3.31. The number of nitrogen functional groups attached to an aromatic ring is 1. The van der Waals surface area contributed by atoms with Crippen molar-refractivity contribution >= 4 is 33.0 Å². The van der Waals surface area contributed by atoms with Gasteiger partial charge in [-0.3, -0.25) is 4.72 Å². The molecule has 4 nitrogen and oxygen atoms in total. The lowest BCUT2D eigenvalue weighted by Gasteiger charge is -2.12. The molecule has 0 aliphatic rings. The summed E-state index contributed by atoms with van der Waals surface area (Å²) in [7, 11) is -3.87. The van der Waals surface area contributed by atoms with Gasteiger partial charge in [-0.05, 0) is 49.2 Å². The molecule has 0 fully saturated rings. The van der Waals surface area contributed by atoms with E-state index in [-0.39, 0.29) is 16.1 Å². The average molecular weight is 329 g/mol. The number of aryl methyl sites for hydroxylation is 2. The molecule has 0 aliphatic carbocycles. The Kier molecular flexibility index (Phi) is 4.11. The van der Waals surface area contributed by atoms with Gasteiger partial charge in [0, 0.05) is 5.02 Å². The third kappa shape index (κ3) is 3.28. The van der Waals surface area contributed by atoms with Crippen LogP contribution in [0, 0.1) is 19.7 Å². The number of halogens is 2. The topological polar surface area (TPSA) is 72.2 Å². The minimum Gasteiger partial charge on any atom is -0.396 e. The molecule has 2 rings (SSSR count). The van der Waals surface area contributed by atoms with Gasteiger partial charge in [-0.2, -0.15) is 0 Å². The average Bonchev–Trinajstić information content (AvgIpc) is 2.37. The molecule has 0 spiro atoms. The van der Waals surface area contributed by atoms with Crippen LogP contribution in [0.2, 0.25) is 5.02 Å². The minimum atomic E-state index is -3.87. The van der Waals surface area contributed by atoms with E-state index in [2.05, 4.69) is 4.72 Å². The number of anilines is 2. The van der Waals surface area contributed by atoms with Crippen molar-refractivity contribution in [3.8, 4) is 0 Å². The van der Waals surface area contributed by atoms with Crippen LogP contribution in [-0.2, 0) is 10.0 Å². The molecule has 0 radical (unpaired) electrons. The van der Waals surface area contributed by atoms with E-state index in [1.54, 1.807) is 12.1 Å². The third-order valence-corrected chi connectivity index (χ3v) is 4.94. The van der Waals surface area contributed by atoms with E-state index in [1.165, 1.54) is 13.0 Å². The highest BCUT2D eigenvalue weighted by Crippen LogP contribution is 2.26. The first kappa shape index (κ1) is 15.6. The van der Waals surface area contributed by atoms with Gasteiger partial charge in [0.1, 0.15) is 5.82 Å². The Morgan fingerprint density at radius 2 is 1.81 bits per heavy atom. The second-order valence-corrected chi connectivity index (χ2v) is 6.77. The molecule has 112 valence electrons. The van der Waals surface area contributed by atoms with Gasteiger partial charge >= 0.3 is 0 Å². The van der Waals surface area contributed by atoms with Gasteiger partial charge in [0.05, 0.1) is 16.3 Å². The molecule has 0 saturated carbocycles. The van der Waals surface area contributed by atoms with Crippen LogP contribution in [0.4, 0.5) is 15.8 Å². The normalized spacial score (nSPS) is 11.4. The molecule has 21 heavy (non-hydrogen) atoms. The van der Waals surface area contributed by atoms with Gasteiger partial charge in [0.15, 0.2) is 0 Å². The Morgan fingerprint density at radius 1 is 1.14 bits per heavy atom. The van der Waals surface area contributed by atoms with Crippen molar-refractivity contribution in [1.82, 2.24) is 0 Å². The maximum Gasteiger partial charge on any atom is 0.262 e. The number of nitrogens with two attached hydrogens (primary N) is 1.